The highest BCUT2D eigenvalue weighted by Crippen LogP contribution is 2.25. The van der Waals surface area contributed by atoms with E-state index in [1.54, 1.807) is 0 Å². The number of aliphatic imine (C=N–C) groups is 1. The van der Waals surface area contributed by atoms with E-state index in [9.17, 15) is 0 Å². The van der Waals surface area contributed by atoms with Crippen LogP contribution in [0.1, 0.15) is 32.6 Å². The van der Waals surface area contributed by atoms with Crippen molar-refractivity contribution in [1.29, 1.82) is 0 Å². The highest BCUT2D eigenvalue weighted by atomic mass is 32.1. The van der Waals surface area contributed by atoms with Crippen LogP contribution < -0.4 is 0 Å². The van der Waals surface area contributed by atoms with Crippen molar-refractivity contribution in [1.82, 2.24) is 0 Å². The molecule has 1 fully saturated rings. The predicted molar refractivity (Wildman–Crippen MR) is 46.4 cm³/mol. The summed E-state index contributed by atoms with van der Waals surface area (Å²) in [6.45, 7) is 2.28. The van der Waals surface area contributed by atoms with Crippen molar-refractivity contribution in [2.24, 2.45) is 10.9 Å². The molecule has 2 atom stereocenters. The molecular weight excluding hydrogens is 142 g/mol. The van der Waals surface area contributed by atoms with Gasteiger partial charge >= 0.3 is 0 Å². The Labute approximate surface area is 67.5 Å². The number of thiocarbonyl (C=S) groups is 1. The standard InChI is InChI=1S/C8H13NS/c1-7-3-2-4-8(5-7)9-6-10/h7-8H,2-5H2,1H3. The molecule has 0 radical (unpaired) electrons. The van der Waals surface area contributed by atoms with Crippen LogP contribution in [-0.2, 0) is 0 Å². The molecule has 1 aliphatic rings. The third-order valence-corrected chi connectivity index (χ3v) is 2.25. The number of hydrogen-bond donors (Lipinski definition) is 0. The highest BCUT2D eigenvalue weighted by molar-refractivity contribution is 7.78. The lowest BCUT2D eigenvalue weighted by Gasteiger charge is -2.22. The Hall–Kier alpha value is -0.200. The maximum Gasteiger partial charge on any atom is 0.0605 e. The van der Waals surface area contributed by atoms with Gasteiger partial charge in [0.25, 0.3) is 0 Å². The first-order valence-corrected chi connectivity index (χ1v) is 4.30. The van der Waals surface area contributed by atoms with Crippen LogP contribution >= 0.6 is 12.2 Å². The number of hydrogen-bond acceptors (Lipinski definition) is 2. The van der Waals surface area contributed by atoms with Crippen molar-refractivity contribution in [3.8, 4) is 0 Å². The quantitative estimate of drug-likeness (QED) is 0.419. The molecule has 0 aromatic rings. The minimum atomic E-state index is 0.487. The van der Waals surface area contributed by atoms with E-state index in [2.05, 4.69) is 29.3 Å². The summed E-state index contributed by atoms with van der Waals surface area (Å²) in [5, 5.41) is 2.47. The van der Waals surface area contributed by atoms with Crippen molar-refractivity contribution < 1.29 is 0 Å². The molecule has 56 valence electrons. The van der Waals surface area contributed by atoms with Gasteiger partial charge in [0, 0.05) is 0 Å². The van der Waals surface area contributed by atoms with E-state index < -0.39 is 0 Å². The van der Waals surface area contributed by atoms with Crippen LogP contribution in [0.3, 0.4) is 0 Å². The van der Waals surface area contributed by atoms with Crippen LogP contribution in [0.5, 0.6) is 0 Å². The normalized spacial score (nSPS) is 32.9. The zero-order valence-corrected chi connectivity index (χ0v) is 7.16. The van der Waals surface area contributed by atoms with Crippen molar-refractivity contribution >= 4 is 17.4 Å². The molecule has 2 heteroatoms. The molecule has 0 saturated heterocycles. The molecule has 0 bridgehead atoms. The van der Waals surface area contributed by atoms with Gasteiger partial charge in [-0.2, -0.15) is 0 Å². The maximum absolute atomic E-state index is 4.55. The van der Waals surface area contributed by atoms with Crippen molar-refractivity contribution in [2.75, 3.05) is 0 Å². The van der Waals surface area contributed by atoms with E-state index in [4.69, 9.17) is 0 Å². The Morgan fingerprint density at radius 1 is 1.50 bits per heavy atom. The lowest BCUT2D eigenvalue weighted by molar-refractivity contribution is 0.346. The Morgan fingerprint density at radius 3 is 2.90 bits per heavy atom. The molecule has 0 aliphatic heterocycles. The molecule has 1 rings (SSSR count). The fourth-order valence-electron chi connectivity index (χ4n) is 1.59. The second-order valence-electron chi connectivity index (χ2n) is 3.15. The molecule has 0 aromatic heterocycles. The first-order chi connectivity index (χ1) is 4.83. The molecule has 1 saturated carbocycles. The Balaban J connectivity index is 2.39. The van der Waals surface area contributed by atoms with Crippen LogP contribution in [0, 0.1) is 5.92 Å². The summed E-state index contributed by atoms with van der Waals surface area (Å²) >= 11 is 4.55. The van der Waals surface area contributed by atoms with Gasteiger partial charge in [-0.15, -0.1) is 0 Å². The monoisotopic (exact) mass is 155 g/mol. The topological polar surface area (TPSA) is 12.4 Å². The van der Waals surface area contributed by atoms with E-state index in [1.807, 2.05) is 0 Å². The van der Waals surface area contributed by atoms with Gasteiger partial charge in [-0.25, -0.2) is 4.99 Å². The second-order valence-corrected chi connectivity index (χ2v) is 3.33. The van der Waals surface area contributed by atoms with Crippen LogP contribution in [0.2, 0.25) is 0 Å². The first kappa shape index (κ1) is 7.90. The van der Waals surface area contributed by atoms with Gasteiger partial charge in [0.2, 0.25) is 0 Å². The molecule has 10 heavy (non-hydrogen) atoms. The molecule has 1 aliphatic carbocycles. The van der Waals surface area contributed by atoms with Crippen molar-refractivity contribution in [3.63, 3.8) is 0 Å². The lowest BCUT2D eigenvalue weighted by Crippen LogP contribution is -2.15. The lowest BCUT2D eigenvalue weighted by atomic mass is 9.87. The van der Waals surface area contributed by atoms with Gasteiger partial charge in [0.05, 0.1) is 11.2 Å². The van der Waals surface area contributed by atoms with E-state index >= 15 is 0 Å². The van der Waals surface area contributed by atoms with E-state index in [1.165, 1.54) is 25.7 Å². The van der Waals surface area contributed by atoms with E-state index in [-0.39, 0.29) is 0 Å². The summed E-state index contributed by atoms with van der Waals surface area (Å²) in [5.74, 6) is 0.839. The zero-order chi connectivity index (χ0) is 7.40. The average Bonchev–Trinajstić information content (AvgIpc) is 1.88. The smallest absolute Gasteiger partial charge is 0.0605 e. The van der Waals surface area contributed by atoms with Gasteiger partial charge in [-0.3, -0.25) is 0 Å². The first-order valence-electron chi connectivity index (χ1n) is 3.90. The van der Waals surface area contributed by atoms with E-state index in [0.717, 1.165) is 5.92 Å². The fourth-order valence-corrected chi connectivity index (χ4v) is 1.74. The van der Waals surface area contributed by atoms with Gasteiger partial charge in [0.15, 0.2) is 0 Å². The summed E-state index contributed by atoms with van der Waals surface area (Å²) in [5.41, 5.74) is 0. The molecule has 2 unspecified atom stereocenters. The Morgan fingerprint density at radius 2 is 2.30 bits per heavy atom. The van der Waals surface area contributed by atoms with Crippen molar-refractivity contribution in [3.05, 3.63) is 0 Å². The Kier molecular flexibility index (Phi) is 3.04. The number of isothiocyanates is 1. The molecule has 0 N–H and O–H groups in total. The Bertz CT molecular complexity index is 149. The molecular formula is C8H13NS. The number of rotatable bonds is 1. The summed E-state index contributed by atoms with van der Waals surface area (Å²) in [7, 11) is 0. The van der Waals surface area contributed by atoms with Crippen molar-refractivity contribution in [2.45, 2.75) is 38.6 Å². The summed E-state index contributed by atoms with van der Waals surface area (Å²) in [6.07, 6.45) is 5.10. The second kappa shape index (κ2) is 3.85. The maximum atomic E-state index is 4.55. The third kappa shape index (κ3) is 2.20. The van der Waals surface area contributed by atoms with Crippen LogP contribution in [0.4, 0.5) is 0 Å². The van der Waals surface area contributed by atoms with Crippen LogP contribution in [0.25, 0.3) is 0 Å². The van der Waals surface area contributed by atoms with Gasteiger partial charge in [-0.1, -0.05) is 19.8 Å². The van der Waals surface area contributed by atoms with Gasteiger partial charge in [-0.05, 0) is 31.0 Å². The van der Waals surface area contributed by atoms with E-state index in [0.29, 0.717) is 6.04 Å². The fraction of sp³-hybridized carbons (Fsp3) is 0.875. The predicted octanol–water partition coefficient (Wildman–Crippen LogP) is 2.67. The molecule has 1 nitrogen and oxygen atoms in total. The van der Waals surface area contributed by atoms with Gasteiger partial charge < -0.3 is 0 Å². The minimum absolute atomic E-state index is 0.487. The highest BCUT2D eigenvalue weighted by Gasteiger charge is 2.16. The number of nitrogens with zero attached hydrogens (tertiary/aromatic N) is 1. The SMILES string of the molecule is CC1CCCC(N=C=S)C1. The zero-order valence-electron chi connectivity index (χ0n) is 6.34. The largest absolute Gasteiger partial charge is 0.229 e. The molecule has 0 aromatic carbocycles. The molecule has 0 amide bonds. The third-order valence-electron chi connectivity index (χ3n) is 2.14. The summed E-state index contributed by atoms with van der Waals surface area (Å²) < 4.78 is 0. The molecule has 0 heterocycles. The van der Waals surface area contributed by atoms with Crippen LogP contribution in [-0.4, -0.2) is 11.2 Å². The summed E-state index contributed by atoms with van der Waals surface area (Å²) in [6, 6.07) is 0.487. The van der Waals surface area contributed by atoms with Gasteiger partial charge in [0.1, 0.15) is 0 Å². The minimum Gasteiger partial charge on any atom is -0.229 e. The molecule has 0 spiro atoms. The summed E-state index contributed by atoms with van der Waals surface area (Å²) in [4.78, 5) is 4.10. The van der Waals surface area contributed by atoms with Crippen LogP contribution in [0.15, 0.2) is 4.99 Å². The average molecular weight is 155 g/mol.